The first-order chi connectivity index (χ1) is 17.1. The lowest BCUT2D eigenvalue weighted by molar-refractivity contribution is -0.112. The minimum atomic E-state index is -0.440. The molecule has 0 saturated carbocycles. The van der Waals surface area contributed by atoms with E-state index in [9.17, 15) is 10.1 Å². The van der Waals surface area contributed by atoms with Crippen LogP contribution in [0.1, 0.15) is 22.7 Å². The summed E-state index contributed by atoms with van der Waals surface area (Å²) in [6, 6.07) is 28.8. The number of ether oxygens (including phenoxy) is 1. The summed E-state index contributed by atoms with van der Waals surface area (Å²) in [5.41, 5.74) is 4.13. The zero-order chi connectivity index (χ0) is 24.6. The highest BCUT2D eigenvalue weighted by Crippen LogP contribution is 2.30. The number of piperazine rings is 1. The van der Waals surface area contributed by atoms with Gasteiger partial charge in [0.2, 0.25) is 0 Å². The number of carbonyl (C=O) groups is 1. The number of hydrogen-bond acceptors (Lipinski definition) is 5. The van der Waals surface area contributed by atoms with E-state index in [1.165, 1.54) is 11.1 Å². The van der Waals surface area contributed by atoms with E-state index in [1.54, 1.807) is 19.4 Å². The van der Waals surface area contributed by atoms with Crippen molar-refractivity contribution in [3.63, 3.8) is 0 Å². The SMILES string of the molecule is COc1ccc(C)cc1NC(=O)/C(C#N)=C\N1CCN(C(c2ccccc2)c2ccccc2)CC1. The Morgan fingerprint density at radius 3 is 2.11 bits per heavy atom. The molecule has 0 unspecified atom stereocenters. The zero-order valence-corrected chi connectivity index (χ0v) is 20.1. The van der Waals surface area contributed by atoms with Gasteiger partial charge in [-0.3, -0.25) is 9.69 Å². The Hall–Kier alpha value is -4.08. The Labute approximate surface area is 207 Å². The average molecular weight is 467 g/mol. The molecule has 3 aromatic rings. The summed E-state index contributed by atoms with van der Waals surface area (Å²) in [6.07, 6.45) is 1.68. The van der Waals surface area contributed by atoms with Gasteiger partial charge in [0.15, 0.2) is 0 Å². The molecule has 1 aliphatic rings. The van der Waals surface area contributed by atoms with E-state index in [-0.39, 0.29) is 11.6 Å². The van der Waals surface area contributed by atoms with E-state index in [2.05, 4.69) is 69.7 Å². The number of nitriles is 1. The van der Waals surface area contributed by atoms with Gasteiger partial charge < -0.3 is 15.0 Å². The van der Waals surface area contributed by atoms with Crippen LogP contribution in [0.2, 0.25) is 0 Å². The molecule has 1 fully saturated rings. The van der Waals surface area contributed by atoms with Gasteiger partial charge in [-0.1, -0.05) is 66.7 Å². The average Bonchev–Trinajstić information content (AvgIpc) is 2.89. The Kier molecular flexibility index (Phi) is 7.81. The van der Waals surface area contributed by atoms with E-state index in [0.29, 0.717) is 11.4 Å². The summed E-state index contributed by atoms with van der Waals surface area (Å²) in [5.74, 6) is 0.119. The second-order valence-electron chi connectivity index (χ2n) is 8.61. The van der Waals surface area contributed by atoms with Crippen molar-refractivity contribution in [1.29, 1.82) is 5.26 Å². The predicted octanol–water partition coefficient (Wildman–Crippen LogP) is 4.76. The van der Waals surface area contributed by atoms with Crippen LogP contribution >= 0.6 is 0 Å². The number of amides is 1. The molecule has 1 amide bonds. The van der Waals surface area contributed by atoms with Crippen molar-refractivity contribution in [3.05, 3.63) is 107 Å². The lowest BCUT2D eigenvalue weighted by atomic mass is 9.96. The highest BCUT2D eigenvalue weighted by atomic mass is 16.5. The maximum atomic E-state index is 12.8. The number of methoxy groups -OCH3 is 1. The third-order valence-electron chi connectivity index (χ3n) is 6.22. The van der Waals surface area contributed by atoms with Crippen molar-refractivity contribution in [1.82, 2.24) is 9.80 Å². The van der Waals surface area contributed by atoms with Crippen molar-refractivity contribution < 1.29 is 9.53 Å². The Morgan fingerprint density at radius 1 is 0.971 bits per heavy atom. The van der Waals surface area contributed by atoms with Gasteiger partial charge in [0.25, 0.3) is 5.91 Å². The number of hydrogen-bond donors (Lipinski definition) is 1. The first-order valence-corrected chi connectivity index (χ1v) is 11.7. The highest BCUT2D eigenvalue weighted by Gasteiger charge is 2.26. The molecule has 6 heteroatoms. The molecule has 1 N–H and O–H groups in total. The molecule has 1 heterocycles. The largest absolute Gasteiger partial charge is 0.495 e. The molecule has 0 spiro atoms. The van der Waals surface area contributed by atoms with E-state index in [4.69, 9.17) is 4.74 Å². The standard InChI is InChI=1S/C29H30N4O2/c1-22-13-14-27(35-2)26(19-22)31-29(34)25(20-30)21-32-15-17-33(18-16-32)28(23-9-5-3-6-10-23)24-11-7-4-8-12-24/h3-14,19,21,28H,15-18H2,1-2H3,(H,31,34)/b25-21-. The summed E-state index contributed by atoms with van der Waals surface area (Å²) >= 11 is 0. The number of benzene rings is 3. The number of anilines is 1. The fourth-order valence-corrected chi connectivity index (χ4v) is 4.44. The van der Waals surface area contributed by atoms with E-state index in [1.807, 2.05) is 31.2 Å². The summed E-state index contributed by atoms with van der Waals surface area (Å²) in [5, 5.41) is 12.5. The second-order valence-corrected chi connectivity index (χ2v) is 8.61. The number of aryl methyl sites for hydroxylation is 1. The van der Waals surface area contributed by atoms with Crippen molar-refractivity contribution in [2.24, 2.45) is 0 Å². The van der Waals surface area contributed by atoms with Gasteiger partial charge in [-0.2, -0.15) is 5.26 Å². The number of carbonyl (C=O) groups excluding carboxylic acids is 1. The smallest absolute Gasteiger partial charge is 0.267 e. The first kappa shape index (κ1) is 24.1. The van der Waals surface area contributed by atoms with Gasteiger partial charge >= 0.3 is 0 Å². The minimum Gasteiger partial charge on any atom is -0.495 e. The lowest BCUT2D eigenvalue weighted by Gasteiger charge is -2.39. The normalized spacial score (nSPS) is 14.5. The highest BCUT2D eigenvalue weighted by molar-refractivity contribution is 6.07. The van der Waals surface area contributed by atoms with E-state index < -0.39 is 5.91 Å². The van der Waals surface area contributed by atoms with Gasteiger partial charge in [0.05, 0.1) is 18.8 Å². The molecule has 0 bridgehead atoms. The van der Waals surface area contributed by atoms with Crippen molar-refractivity contribution in [2.45, 2.75) is 13.0 Å². The maximum Gasteiger partial charge on any atom is 0.267 e. The molecule has 1 aliphatic heterocycles. The second kappa shape index (κ2) is 11.4. The van der Waals surface area contributed by atoms with Gasteiger partial charge in [-0.05, 0) is 35.7 Å². The molecule has 4 rings (SSSR count). The van der Waals surface area contributed by atoms with Gasteiger partial charge in [0.1, 0.15) is 17.4 Å². The summed E-state index contributed by atoms with van der Waals surface area (Å²) < 4.78 is 5.34. The molecular formula is C29H30N4O2. The minimum absolute atomic E-state index is 0.0738. The number of nitrogens with one attached hydrogen (secondary N) is 1. The summed E-state index contributed by atoms with van der Waals surface area (Å²) in [6.45, 7) is 5.02. The van der Waals surface area contributed by atoms with E-state index >= 15 is 0 Å². The van der Waals surface area contributed by atoms with Crippen LogP contribution in [-0.2, 0) is 4.79 Å². The third kappa shape index (κ3) is 5.89. The number of rotatable bonds is 7. The van der Waals surface area contributed by atoms with Gasteiger partial charge in [0, 0.05) is 32.4 Å². The molecule has 1 saturated heterocycles. The molecule has 0 aliphatic carbocycles. The molecule has 0 radical (unpaired) electrons. The summed E-state index contributed by atoms with van der Waals surface area (Å²) in [4.78, 5) is 17.4. The van der Waals surface area contributed by atoms with Crippen molar-refractivity contribution >= 4 is 11.6 Å². The fourth-order valence-electron chi connectivity index (χ4n) is 4.44. The van der Waals surface area contributed by atoms with Crippen LogP contribution in [0.25, 0.3) is 0 Å². The Bertz CT molecular complexity index is 1170. The van der Waals surface area contributed by atoms with Crippen LogP contribution in [0.4, 0.5) is 5.69 Å². The van der Waals surface area contributed by atoms with Crippen LogP contribution in [0.15, 0.2) is 90.6 Å². The Morgan fingerprint density at radius 2 is 1.57 bits per heavy atom. The van der Waals surface area contributed by atoms with Gasteiger partial charge in [-0.15, -0.1) is 0 Å². The molecule has 178 valence electrons. The number of nitrogens with zero attached hydrogens (tertiary/aromatic N) is 3. The van der Waals surface area contributed by atoms with Crippen LogP contribution in [0, 0.1) is 18.3 Å². The predicted molar refractivity (Wildman–Crippen MR) is 138 cm³/mol. The molecule has 3 aromatic carbocycles. The monoisotopic (exact) mass is 466 g/mol. The first-order valence-electron chi connectivity index (χ1n) is 11.7. The van der Waals surface area contributed by atoms with Crippen LogP contribution in [0.3, 0.4) is 0 Å². The molecule has 0 atom stereocenters. The Balaban J connectivity index is 1.46. The van der Waals surface area contributed by atoms with Gasteiger partial charge in [-0.25, -0.2) is 0 Å². The third-order valence-corrected chi connectivity index (χ3v) is 6.22. The van der Waals surface area contributed by atoms with Crippen molar-refractivity contribution in [2.75, 3.05) is 38.6 Å². The molecule has 6 nitrogen and oxygen atoms in total. The molecule has 0 aromatic heterocycles. The zero-order valence-electron chi connectivity index (χ0n) is 20.1. The molecular weight excluding hydrogens is 436 g/mol. The molecule has 35 heavy (non-hydrogen) atoms. The van der Waals surface area contributed by atoms with E-state index in [0.717, 1.165) is 31.7 Å². The fraction of sp³-hybridized carbons (Fsp3) is 0.241. The van der Waals surface area contributed by atoms with Crippen molar-refractivity contribution in [3.8, 4) is 11.8 Å². The van der Waals surface area contributed by atoms with Crippen LogP contribution in [0.5, 0.6) is 5.75 Å². The lowest BCUT2D eigenvalue weighted by Crippen LogP contribution is -2.46. The van der Waals surface area contributed by atoms with Crippen LogP contribution in [-0.4, -0.2) is 49.0 Å². The topological polar surface area (TPSA) is 68.6 Å². The van der Waals surface area contributed by atoms with Crippen LogP contribution < -0.4 is 10.1 Å². The quantitative estimate of drug-likeness (QED) is 0.402. The summed E-state index contributed by atoms with van der Waals surface area (Å²) in [7, 11) is 1.55. The maximum absolute atomic E-state index is 12.8.